The van der Waals surface area contributed by atoms with Crippen LogP contribution in [0, 0.1) is 10.1 Å². The van der Waals surface area contributed by atoms with E-state index in [1.807, 2.05) is 72.8 Å². The molecular formula is C38H43K7N10O9. The first-order valence-corrected chi connectivity index (χ1v) is 69.2. The molecule has 5 N–H and O–H groups in total. The topological polar surface area (TPSA) is 251 Å². The molecule has 0 radical (unpaired) electrons. The Kier molecular flexibility index (Phi) is 38.2. The molecule has 3 aromatic heterocycles. The number of nitrogens with one attached hydrogen (secondary N) is 1. The number of imidazole rings is 1. The van der Waals surface area contributed by atoms with Gasteiger partial charge in [-0.05, 0) is 68.0 Å². The van der Waals surface area contributed by atoms with E-state index in [0.717, 1.165) is 21.8 Å². The molecule has 0 saturated carbocycles. The summed E-state index contributed by atoms with van der Waals surface area (Å²) in [7, 11) is 0. The third kappa shape index (κ3) is 22.0. The predicted octanol–water partition coefficient (Wildman–Crippen LogP) is -0.616. The molecule has 5 heterocycles. The standard InChI is InChI=1S/C20H23N5O6.C18H19N5O3.7K.H/c1-2-29-20(26)24-10-9-14-7-6-8-15(13-14)30-11-4-3-5-12-31-19-22-17(21)16(25(27)28)18(24)23-19;19-15-14-16-22-17(21-15)26-10-3-1-2-9-25-13-6-4-5-12(11-13)7-8-23(16)18(24)20-14;;;;;;;;/h3-4,6-8,13H,2,5,9-12H2,1H3,(H2,21,22,23);1-2,4-6,11H,3,7-10H2,(H,20,24)(H2,19,21,22);;;;;;;;/q;;;;;;;;+1;-1/b4-3+;2-1+;;;;;;;;. The molecule has 7 rings (SSSR count). The van der Waals surface area contributed by atoms with Crippen molar-refractivity contribution in [2.45, 2.75) is 39.2 Å². The van der Waals surface area contributed by atoms with Crippen molar-refractivity contribution in [3.63, 3.8) is 0 Å². The summed E-state index contributed by atoms with van der Waals surface area (Å²) in [6.45, 7) is 3.73. The van der Waals surface area contributed by atoms with Crippen molar-refractivity contribution in [1.82, 2.24) is 29.5 Å². The normalized spacial score (nSPS) is 14.4. The molecule has 0 saturated heterocycles. The second-order valence-electron chi connectivity index (χ2n) is 12.5. The van der Waals surface area contributed by atoms with Crippen LogP contribution in [-0.4, -0.2) is 270 Å². The van der Waals surface area contributed by atoms with Crippen LogP contribution in [0.4, 0.5) is 27.9 Å². The number of nitrogen functional groups attached to an aromatic ring is 2. The first-order chi connectivity index (χ1) is 30.7. The van der Waals surface area contributed by atoms with Crippen LogP contribution < -0.4 is 92.4 Å². The summed E-state index contributed by atoms with van der Waals surface area (Å²) in [5.41, 5.74) is 13.7. The monoisotopic (exact) mass is 1060 g/mol. The van der Waals surface area contributed by atoms with E-state index in [1.165, 1.54) is 189 Å². The van der Waals surface area contributed by atoms with Crippen molar-refractivity contribution in [3.8, 4) is 23.5 Å². The van der Waals surface area contributed by atoms with E-state index >= 15 is 0 Å². The van der Waals surface area contributed by atoms with Crippen molar-refractivity contribution in [2.24, 2.45) is 0 Å². The average Bonchev–Trinajstić information content (AvgIpc) is 3.61. The molecular weight excluding hydrogens is 1010 g/mol. The van der Waals surface area contributed by atoms with Gasteiger partial charge in [0.1, 0.15) is 30.2 Å². The van der Waals surface area contributed by atoms with Crippen molar-refractivity contribution in [1.29, 1.82) is 0 Å². The van der Waals surface area contributed by atoms with Crippen molar-refractivity contribution in [2.75, 3.05) is 55.9 Å². The van der Waals surface area contributed by atoms with Crippen LogP contribution in [0.1, 0.15) is 32.3 Å². The number of rotatable bonds is 2. The van der Waals surface area contributed by atoms with Gasteiger partial charge in [-0.3, -0.25) is 19.6 Å². The molecule has 2 aliphatic rings. The zero-order valence-electron chi connectivity index (χ0n) is 39.2. The summed E-state index contributed by atoms with van der Waals surface area (Å²) in [5, 5.41) is 11.7. The Morgan fingerprint density at radius 2 is 1.34 bits per heavy atom. The van der Waals surface area contributed by atoms with Crippen molar-refractivity contribution >= 4 is 230 Å². The van der Waals surface area contributed by atoms with E-state index in [2.05, 4.69) is 24.9 Å². The number of fused-ring (bicyclic) bond motifs is 7. The quantitative estimate of drug-likeness (QED) is 0.0863. The molecule has 0 unspecified atom stereocenters. The summed E-state index contributed by atoms with van der Waals surface area (Å²) in [6.07, 6.45) is 9.10. The Balaban J connectivity index is 0.000000573. The number of nitrogens with two attached hydrogens (primary N) is 2. The predicted molar refractivity (Wildman–Crippen MR) is 245 cm³/mol. The number of amides is 1. The van der Waals surface area contributed by atoms with Gasteiger partial charge in [-0.25, -0.2) is 9.59 Å². The van der Waals surface area contributed by atoms with Crippen LogP contribution in [0.2, 0.25) is 0 Å². The van der Waals surface area contributed by atoms with Crippen molar-refractivity contribution in [3.05, 3.63) is 105 Å². The van der Waals surface area contributed by atoms with Crippen LogP contribution in [0.25, 0.3) is 11.2 Å². The number of H-pyrrole nitrogens is 1. The van der Waals surface area contributed by atoms with Crippen LogP contribution in [0.15, 0.2) is 77.6 Å². The fraction of sp³-hybridized carbons (Fsp3) is 0.316. The summed E-state index contributed by atoms with van der Waals surface area (Å²) >= 11 is 7.50. The third-order valence-corrected chi connectivity index (χ3v) is 8.53. The number of ether oxygens (including phenoxy) is 5. The molecule has 19 nitrogen and oxygen atoms in total. The number of aryl methyl sites for hydroxylation is 2. The number of carbonyl (C=O) groups is 1. The molecule has 0 aliphatic carbocycles. The molecule has 0 fully saturated rings. The summed E-state index contributed by atoms with van der Waals surface area (Å²) in [6, 6.07) is 15.2. The SMILES string of the molecule is CCOC(=O)N1CCc2cccc(c2)OC/C=C/CCOc2nc(N)c([N+](=O)[O-])c1n2.Nc1nc2nc3c1[nH]c(=O)n3CCc1cccc(c1)OC/C=C/CCO2.[H-].[K+].[K][K].[K][K].[K][K]. The summed E-state index contributed by atoms with van der Waals surface area (Å²) < 4.78 is 29.2. The molecule has 26 heteroatoms. The van der Waals surface area contributed by atoms with Gasteiger partial charge >= 0.3 is 270 Å². The summed E-state index contributed by atoms with van der Waals surface area (Å²) in [5.74, 6) is 1.00. The molecule has 5 aromatic rings. The van der Waals surface area contributed by atoms with Gasteiger partial charge in [-0.2, -0.15) is 19.9 Å². The van der Waals surface area contributed by atoms with Crippen LogP contribution >= 0.6 is 0 Å². The maximum absolute atomic E-state index is 12.7. The first kappa shape index (κ1) is 64.4. The van der Waals surface area contributed by atoms with Gasteiger partial charge in [0.25, 0.3) is 0 Å². The fourth-order valence-corrected chi connectivity index (χ4v) is 5.82. The van der Waals surface area contributed by atoms with Gasteiger partial charge in [0.2, 0.25) is 11.6 Å². The zero-order chi connectivity index (χ0) is 46.1. The molecule has 0 spiro atoms. The number of nitrogens with zero attached hydrogens (tertiary/aromatic N) is 7. The average molecular weight is 1060 g/mol. The Morgan fingerprint density at radius 3 is 1.89 bits per heavy atom. The molecule has 2 aromatic carbocycles. The number of hydrogen-bond acceptors (Lipinski definition) is 15. The number of benzene rings is 2. The number of anilines is 3. The molecule has 0 atom stereocenters. The minimum absolute atomic E-state index is 0. The Hall–Kier alpha value is 4.27. The van der Waals surface area contributed by atoms with Gasteiger partial charge in [0.15, 0.2) is 11.5 Å². The molecule has 64 heavy (non-hydrogen) atoms. The van der Waals surface area contributed by atoms with Crippen molar-refractivity contribution < 1.29 is 86.2 Å². The van der Waals surface area contributed by atoms with Gasteiger partial charge in [0.05, 0.1) is 24.7 Å². The third-order valence-electron chi connectivity index (χ3n) is 8.53. The maximum atomic E-state index is 12.7. The number of nitro groups is 1. The van der Waals surface area contributed by atoms with E-state index in [0.29, 0.717) is 69.0 Å². The van der Waals surface area contributed by atoms with Crippen LogP contribution in [0.5, 0.6) is 23.5 Å². The molecule has 2 aliphatic heterocycles. The zero-order valence-corrected chi connectivity index (χ0v) is 60.0. The van der Waals surface area contributed by atoms with Crippen LogP contribution in [0.3, 0.4) is 0 Å². The number of aromatic nitrogens is 6. The van der Waals surface area contributed by atoms with Gasteiger partial charge in [0, 0.05) is 13.1 Å². The van der Waals surface area contributed by atoms with E-state index in [9.17, 15) is 19.7 Å². The number of aromatic amines is 1. The van der Waals surface area contributed by atoms with E-state index in [4.69, 9.17) is 35.2 Å². The van der Waals surface area contributed by atoms with Gasteiger partial charge in [-0.1, -0.05) is 48.6 Å². The fourth-order valence-electron chi connectivity index (χ4n) is 5.82. The first-order valence-electron chi connectivity index (χ1n) is 21.2. The Morgan fingerprint density at radius 1 is 0.812 bits per heavy atom. The van der Waals surface area contributed by atoms with Crippen LogP contribution in [-0.2, 0) is 24.1 Å². The minimum atomic E-state index is -0.786. The second kappa shape index (κ2) is 37.9. The van der Waals surface area contributed by atoms with E-state index in [-0.39, 0.29) is 102 Å². The Bertz CT molecular complexity index is 2360. The summed E-state index contributed by atoms with van der Waals surface area (Å²) in [4.78, 5) is 56.2. The second-order valence-corrected chi connectivity index (χ2v) is 12.5. The molecule has 8 bridgehead atoms. The number of hydrogen-bond donors (Lipinski definition) is 3. The number of carbonyl (C=O) groups excluding carboxylic acids is 1. The molecule has 1 amide bonds. The van der Waals surface area contributed by atoms with E-state index in [1.54, 1.807) is 11.5 Å². The van der Waals surface area contributed by atoms with Gasteiger partial charge < -0.3 is 41.6 Å². The van der Waals surface area contributed by atoms with Gasteiger partial charge in [-0.15, -0.1) is 0 Å². The Labute approximate surface area is 551 Å². The molecule has 306 valence electrons. The van der Waals surface area contributed by atoms with E-state index < -0.39 is 22.5 Å².